The highest BCUT2D eigenvalue weighted by Gasteiger charge is 2.60. The average molecular weight is 466 g/mol. The summed E-state index contributed by atoms with van der Waals surface area (Å²) in [5.41, 5.74) is 2.46. The van der Waals surface area contributed by atoms with E-state index in [0.717, 1.165) is 22.4 Å². The van der Waals surface area contributed by atoms with Crippen molar-refractivity contribution in [2.45, 2.75) is 71.9 Å². The van der Waals surface area contributed by atoms with Crippen molar-refractivity contribution in [3.8, 4) is 0 Å². The summed E-state index contributed by atoms with van der Waals surface area (Å²) in [5.74, 6) is 2.30. The fourth-order valence-electron chi connectivity index (χ4n) is 7.92. The zero-order valence-electron chi connectivity index (χ0n) is 19.9. The standard InChI is InChI=1S/C28H35NO3S/c1-17(30)32-16-18-4-6-19(7-5-18)26(33)23-10-9-21-20-8-11-24-28(3,15-13-25(31)29-24)22(20)12-14-27(21,23)2/h4-7,13,15,20-24H,8-12,14,16H2,1-3H3,(H,29,31)/t20?,21?,22?,23-,24?,27+,28-/m1/s1. The number of hydrogen-bond donors (Lipinski definition) is 1. The van der Waals surface area contributed by atoms with E-state index < -0.39 is 0 Å². The highest BCUT2D eigenvalue weighted by molar-refractivity contribution is 7.80. The molecule has 1 aromatic carbocycles. The smallest absolute Gasteiger partial charge is 0.302 e. The molecule has 4 aliphatic rings. The summed E-state index contributed by atoms with van der Waals surface area (Å²) >= 11 is 6.10. The lowest BCUT2D eigenvalue weighted by Crippen LogP contribution is -2.59. The second-order valence-corrected chi connectivity index (χ2v) is 11.7. The number of nitrogens with one attached hydrogen (secondary N) is 1. The quantitative estimate of drug-likeness (QED) is 0.368. The summed E-state index contributed by atoms with van der Waals surface area (Å²) in [7, 11) is 0. The topological polar surface area (TPSA) is 55.4 Å². The van der Waals surface area contributed by atoms with Gasteiger partial charge in [-0.3, -0.25) is 9.59 Å². The van der Waals surface area contributed by atoms with Crippen LogP contribution in [0.25, 0.3) is 0 Å². The van der Waals surface area contributed by atoms with Gasteiger partial charge in [0.25, 0.3) is 0 Å². The molecule has 0 aromatic heterocycles. The summed E-state index contributed by atoms with van der Waals surface area (Å²) in [5, 5.41) is 3.26. The second-order valence-electron chi connectivity index (χ2n) is 11.2. The minimum absolute atomic E-state index is 0.0710. The van der Waals surface area contributed by atoms with Crippen molar-refractivity contribution in [2.75, 3.05) is 0 Å². The lowest BCUT2D eigenvalue weighted by Gasteiger charge is -2.59. The van der Waals surface area contributed by atoms with Gasteiger partial charge in [0.05, 0.1) is 0 Å². The summed E-state index contributed by atoms with van der Waals surface area (Å²) < 4.78 is 5.12. The molecule has 4 nitrogen and oxygen atoms in total. The third kappa shape index (κ3) is 3.77. The number of fused-ring (bicyclic) bond motifs is 5. The van der Waals surface area contributed by atoms with E-state index in [-0.39, 0.29) is 28.7 Å². The van der Waals surface area contributed by atoms with Crippen LogP contribution in [0.5, 0.6) is 0 Å². The maximum absolute atomic E-state index is 12.0. The number of benzene rings is 1. The Morgan fingerprint density at radius 3 is 2.58 bits per heavy atom. The molecule has 5 heteroatoms. The number of amides is 1. The number of esters is 1. The van der Waals surface area contributed by atoms with Gasteiger partial charge >= 0.3 is 5.97 Å². The first-order chi connectivity index (χ1) is 15.7. The molecule has 0 saturated heterocycles. The van der Waals surface area contributed by atoms with Gasteiger partial charge in [0, 0.05) is 29.2 Å². The molecule has 4 unspecified atom stereocenters. The highest BCUT2D eigenvalue weighted by atomic mass is 32.1. The van der Waals surface area contributed by atoms with Crippen LogP contribution in [0.4, 0.5) is 0 Å². The highest BCUT2D eigenvalue weighted by Crippen LogP contribution is 2.65. The van der Waals surface area contributed by atoms with Crippen molar-refractivity contribution >= 4 is 29.0 Å². The molecule has 0 bridgehead atoms. The van der Waals surface area contributed by atoms with E-state index in [1.807, 2.05) is 12.1 Å². The van der Waals surface area contributed by atoms with Crippen LogP contribution in [0, 0.1) is 34.5 Å². The van der Waals surface area contributed by atoms with Gasteiger partial charge < -0.3 is 10.1 Å². The lowest BCUT2D eigenvalue weighted by atomic mass is 9.47. The number of ether oxygens (including phenoxy) is 1. The Bertz CT molecular complexity index is 1000. The Morgan fingerprint density at radius 1 is 1.09 bits per heavy atom. The van der Waals surface area contributed by atoms with Gasteiger partial charge in [0.15, 0.2) is 0 Å². The monoisotopic (exact) mass is 465 g/mol. The first-order valence-electron chi connectivity index (χ1n) is 12.5. The summed E-state index contributed by atoms with van der Waals surface area (Å²) in [6.07, 6.45) is 11.1. The Morgan fingerprint density at radius 2 is 1.85 bits per heavy atom. The molecule has 7 atom stereocenters. The van der Waals surface area contributed by atoms with Crippen LogP contribution in [0.1, 0.15) is 70.4 Å². The minimum atomic E-state index is -0.260. The van der Waals surface area contributed by atoms with E-state index in [9.17, 15) is 9.59 Å². The van der Waals surface area contributed by atoms with Gasteiger partial charge in [0.1, 0.15) is 6.61 Å². The maximum Gasteiger partial charge on any atom is 0.302 e. The van der Waals surface area contributed by atoms with Gasteiger partial charge in [0.2, 0.25) is 5.91 Å². The van der Waals surface area contributed by atoms with Gasteiger partial charge in [-0.15, -0.1) is 0 Å². The van der Waals surface area contributed by atoms with Crippen LogP contribution in [0.15, 0.2) is 36.4 Å². The summed E-state index contributed by atoms with van der Waals surface area (Å²) in [6, 6.07) is 8.55. The maximum atomic E-state index is 12.0. The van der Waals surface area contributed by atoms with E-state index >= 15 is 0 Å². The molecule has 1 aromatic rings. The van der Waals surface area contributed by atoms with Crippen LogP contribution < -0.4 is 5.32 Å². The van der Waals surface area contributed by atoms with Gasteiger partial charge in [-0.05, 0) is 78.9 Å². The van der Waals surface area contributed by atoms with Crippen molar-refractivity contribution in [1.29, 1.82) is 0 Å². The van der Waals surface area contributed by atoms with Crippen molar-refractivity contribution in [3.63, 3.8) is 0 Å². The fraction of sp³-hybridized carbons (Fsp3) is 0.607. The van der Waals surface area contributed by atoms with Crippen LogP contribution in [-0.4, -0.2) is 22.8 Å². The number of rotatable bonds is 4. The van der Waals surface area contributed by atoms with Crippen LogP contribution >= 0.6 is 12.2 Å². The minimum Gasteiger partial charge on any atom is -0.461 e. The molecule has 3 aliphatic carbocycles. The molecular weight excluding hydrogens is 430 g/mol. The van der Waals surface area contributed by atoms with E-state index in [0.29, 0.717) is 30.3 Å². The van der Waals surface area contributed by atoms with Gasteiger partial charge in [-0.1, -0.05) is 56.4 Å². The van der Waals surface area contributed by atoms with Gasteiger partial charge in [-0.25, -0.2) is 0 Å². The van der Waals surface area contributed by atoms with Crippen LogP contribution in [0.3, 0.4) is 0 Å². The molecule has 0 radical (unpaired) electrons. The van der Waals surface area contributed by atoms with E-state index in [4.69, 9.17) is 17.0 Å². The normalized spacial score (nSPS) is 39.1. The zero-order chi connectivity index (χ0) is 23.4. The fourth-order valence-corrected chi connectivity index (χ4v) is 8.44. The number of hydrogen-bond acceptors (Lipinski definition) is 4. The molecule has 176 valence electrons. The lowest BCUT2D eigenvalue weighted by molar-refractivity contribution is -0.142. The molecule has 1 heterocycles. The molecule has 3 saturated carbocycles. The predicted molar refractivity (Wildman–Crippen MR) is 133 cm³/mol. The van der Waals surface area contributed by atoms with Crippen molar-refractivity contribution in [3.05, 3.63) is 47.5 Å². The van der Waals surface area contributed by atoms with Crippen molar-refractivity contribution in [1.82, 2.24) is 5.32 Å². The molecule has 3 fully saturated rings. The summed E-state index contributed by atoms with van der Waals surface area (Å²) in [6.45, 7) is 6.62. The number of carbonyl (C=O) groups is 2. The molecule has 1 amide bonds. The largest absolute Gasteiger partial charge is 0.461 e. The SMILES string of the molecule is CC(=O)OCc1ccc(C(=S)[C@H]2CCC3C4CCC5NC(=O)C=C[C@]5(C)C4CC[C@@]32C)cc1. The Labute approximate surface area is 202 Å². The number of carbonyl (C=O) groups excluding carboxylic acids is 2. The Hall–Kier alpha value is -2.01. The molecule has 33 heavy (non-hydrogen) atoms. The first-order valence-corrected chi connectivity index (χ1v) is 12.9. The van der Waals surface area contributed by atoms with E-state index in [1.165, 1.54) is 39.0 Å². The third-order valence-corrected chi connectivity index (χ3v) is 10.2. The Balaban J connectivity index is 1.34. The Kier molecular flexibility index (Phi) is 5.75. The second kappa shape index (κ2) is 8.33. The summed E-state index contributed by atoms with van der Waals surface area (Å²) in [4.78, 5) is 24.1. The predicted octanol–water partition coefficient (Wildman–Crippen LogP) is 5.38. The third-order valence-electron chi connectivity index (χ3n) is 9.68. The van der Waals surface area contributed by atoms with Gasteiger partial charge in [-0.2, -0.15) is 0 Å². The van der Waals surface area contributed by atoms with Crippen molar-refractivity contribution in [2.24, 2.45) is 34.5 Å². The molecule has 1 aliphatic heterocycles. The molecule has 1 N–H and O–H groups in total. The zero-order valence-corrected chi connectivity index (χ0v) is 20.8. The first kappa shape index (κ1) is 22.8. The average Bonchev–Trinajstić information content (AvgIpc) is 3.15. The molecule has 0 spiro atoms. The van der Waals surface area contributed by atoms with Crippen LogP contribution in [-0.2, 0) is 20.9 Å². The number of thiocarbonyl (C=S) groups is 1. The van der Waals surface area contributed by atoms with E-state index in [1.54, 1.807) is 6.08 Å². The molecule has 5 rings (SSSR count). The van der Waals surface area contributed by atoms with Crippen LogP contribution in [0.2, 0.25) is 0 Å². The van der Waals surface area contributed by atoms with Crippen molar-refractivity contribution < 1.29 is 14.3 Å². The molecular formula is C28H35NO3S. The van der Waals surface area contributed by atoms with E-state index in [2.05, 4.69) is 37.4 Å².